The lowest BCUT2D eigenvalue weighted by Gasteiger charge is -2.11. The minimum atomic E-state index is -4.53. The predicted octanol–water partition coefficient (Wildman–Crippen LogP) is 5.40. The van der Waals surface area contributed by atoms with Gasteiger partial charge in [-0.3, -0.25) is 0 Å². The van der Waals surface area contributed by atoms with Crippen LogP contribution in [0.3, 0.4) is 0 Å². The normalized spacial score (nSPS) is 9.91. The fourth-order valence-electron chi connectivity index (χ4n) is 1.48. The van der Waals surface area contributed by atoms with Crippen LogP contribution in [0.2, 0.25) is 0 Å². The van der Waals surface area contributed by atoms with Crippen LogP contribution in [0.4, 0.5) is 13.2 Å². The second-order valence-electron chi connectivity index (χ2n) is 3.82. The van der Waals surface area contributed by atoms with Crippen LogP contribution in [0, 0.1) is 0 Å². The zero-order chi connectivity index (χ0) is 17.9. The topological polar surface area (TPSA) is 48.1 Å². The molecule has 2 aromatic rings. The van der Waals surface area contributed by atoms with E-state index in [1.165, 1.54) is 6.07 Å². The Kier molecular flexibility index (Phi) is 9.65. The molecule has 2 rings (SSSR count). The Balaban J connectivity index is 0.00000112. The number of hydrogen-bond donors (Lipinski definition) is 1. The van der Waals surface area contributed by atoms with Crippen LogP contribution in [-0.4, -0.2) is 4.98 Å². The zero-order valence-electron chi connectivity index (χ0n) is 13.8. The molecule has 0 fully saturated rings. The second-order valence-corrected chi connectivity index (χ2v) is 3.82. The van der Waals surface area contributed by atoms with Gasteiger partial charge in [0, 0.05) is 12.6 Å². The van der Waals surface area contributed by atoms with Gasteiger partial charge < -0.3 is 10.5 Å². The SMILES string of the molecule is CC.CC.NCc1cc(Oc2ccccc2)nc(C(F)(F)F)c1. The van der Waals surface area contributed by atoms with Gasteiger partial charge in [0.25, 0.3) is 0 Å². The number of halogens is 3. The summed E-state index contributed by atoms with van der Waals surface area (Å²) in [7, 11) is 0. The first-order valence-electron chi connectivity index (χ1n) is 7.50. The summed E-state index contributed by atoms with van der Waals surface area (Å²) in [5.74, 6) is 0.291. The molecule has 0 aliphatic rings. The molecule has 0 unspecified atom stereocenters. The molecule has 1 aromatic carbocycles. The van der Waals surface area contributed by atoms with Gasteiger partial charge in [-0.25, -0.2) is 4.98 Å². The molecule has 128 valence electrons. The van der Waals surface area contributed by atoms with Gasteiger partial charge in [-0.05, 0) is 23.8 Å². The Morgan fingerprint density at radius 2 is 1.57 bits per heavy atom. The molecule has 0 bridgehead atoms. The minimum absolute atomic E-state index is 0.0171. The summed E-state index contributed by atoms with van der Waals surface area (Å²) in [6, 6.07) is 10.8. The van der Waals surface area contributed by atoms with Crippen molar-refractivity contribution in [2.24, 2.45) is 5.73 Å². The van der Waals surface area contributed by atoms with Crippen molar-refractivity contribution in [2.75, 3.05) is 0 Å². The van der Waals surface area contributed by atoms with Crippen molar-refractivity contribution in [3.05, 3.63) is 53.7 Å². The molecule has 3 nitrogen and oxygen atoms in total. The van der Waals surface area contributed by atoms with E-state index in [2.05, 4.69) is 4.98 Å². The van der Waals surface area contributed by atoms with Crippen molar-refractivity contribution < 1.29 is 17.9 Å². The first kappa shape index (κ1) is 20.9. The highest BCUT2D eigenvalue weighted by molar-refractivity contribution is 5.31. The molecule has 1 aromatic heterocycles. The van der Waals surface area contributed by atoms with Crippen LogP contribution in [0.25, 0.3) is 0 Å². The third-order valence-electron chi connectivity index (χ3n) is 2.35. The first-order valence-corrected chi connectivity index (χ1v) is 7.50. The van der Waals surface area contributed by atoms with Crippen LogP contribution in [-0.2, 0) is 12.7 Å². The molecule has 0 amide bonds. The Labute approximate surface area is 135 Å². The third kappa shape index (κ3) is 7.15. The number of hydrogen-bond acceptors (Lipinski definition) is 3. The average Bonchev–Trinajstić information content (AvgIpc) is 2.58. The van der Waals surface area contributed by atoms with E-state index in [9.17, 15) is 13.2 Å². The van der Waals surface area contributed by atoms with Crippen molar-refractivity contribution in [3.63, 3.8) is 0 Å². The Morgan fingerprint density at radius 3 is 2.04 bits per heavy atom. The van der Waals surface area contributed by atoms with Gasteiger partial charge in [0.15, 0.2) is 0 Å². The number of para-hydroxylation sites is 1. The summed E-state index contributed by atoms with van der Waals surface area (Å²) in [6.45, 7) is 7.98. The van der Waals surface area contributed by atoms with E-state index >= 15 is 0 Å². The van der Waals surface area contributed by atoms with Crippen LogP contribution < -0.4 is 10.5 Å². The van der Waals surface area contributed by atoms with E-state index in [-0.39, 0.29) is 12.4 Å². The molecular formula is C17H23F3N2O. The second kappa shape index (κ2) is 10.6. The Bertz CT molecular complexity index is 558. The fourth-order valence-corrected chi connectivity index (χ4v) is 1.48. The summed E-state index contributed by atoms with van der Waals surface area (Å²) in [5.41, 5.74) is 4.67. The van der Waals surface area contributed by atoms with Crippen molar-refractivity contribution in [3.8, 4) is 11.6 Å². The van der Waals surface area contributed by atoms with E-state index < -0.39 is 11.9 Å². The molecule has 1 heterocycles. The lowest BCUT2D eigenvalue weighted by atomic mass is 10.2. The maximum Gasteiger partial charge on any atom is 0.433 e. The van der Waals surface area contributed by atoms with E-state index in [0.29, 0.717) is 11.3 Å². The van der Waals surface area contributed by atoms with Gasteiger partial charge in [-0.1, -0.05) is 45.9 Å². The standard InChI is InChI=1S/C13H11F3N2O.2C2H6/c14-13(15,16)11-6-9(8-17)7-12(18-11)19-10-4-2-1-3-5-10;2*1-2/h1-7H,8,17H2;2*1-2H3. The van der Waals surface area contributed by atoms with E-state index in [4.69, 9.17) is 10.5 Å². The summed E-state index contributed by atoms with van der Waals surface area (Å²) in [5, 5.41) is 0. The van der Waals surface area contributed by atoms with Crippen molar-refractivity contribution in [1.82, 2.24) is 4.98 Å². The molecule has 2 N–H and O–H groups in total. The van der Waals surface area contributed by atoms with Crippen LogP contribution in [0.15, 0.2) is 42.5 Å². The number of aromatic nitrogens is 1. The quantitative estimate of drug-likeness (QED) is 0.820. The summed E-state index contributed by atoms with van der Waals surface area (Å²) in [6.07, 6.45) is -4.53. The molecule has 0 aliphatic carbocycles. The lowest BCUT2D eigenvalue weighted by molar-refractivity contribution is -0.141. The van der Waals surface area contributed by atoms with Crippen LogP contribution >= 0.6 is 0 Å². The molecule has 0 radical (unpaired) electrons. The fraction of sp³-hybridized carbons (Fsp3) is 0.353. The third-order valence-corrected chi connectivity index (χ3v) is 2.35. The summed E-state index contributed by atoms with van der Waals surface area (Å²) >= 11 is 0. The van der Waals surface area contributed by atoms with Crippen molar-refractivity contribution in [2.45, 2.75) is 40.4 Å². The predicted molar refractivity (Wildman–Crippen MR) is 86.3 cm³/mol. The molecule has 0 saturated carbocycles. The number of pyridine rings is 1. The number of ether oxygens (including phenoxy) is 1. The molecule has 6 heteroatoms. The Hall–Kier alpha value is -2.08. The van der Waals surface area contributed by atoms with E-state index in [1.807, 2.05) is 27.7 Å². The van der Waals surface area contributed by atoms with Gasteiger partial charge >= 0.3 is 6.18 Å². The highest BCUT2D eigenvalue weighted by atomic mass is 19.4. The van der Waals surface area contributed by atoms with Gasteiger partial charge in [0.1, 0.15) is 11.4 Å². The maximum absolute atomic E-state index is 12.7. The summed E-state index contributed by atoms with van der Waals surface area (Å²) < 4.78 is 43.3. The molecule has 0 atom stereocenters. The number of nitrogens with two attached hydrogens (primary N) is 1. The van der Waals surface area contributed by atoms with Gasteiger partial charge in [-0.2, -0.15) is 13.2 Å². The highest BCUT2D eigenvalue weighted by Crippen LogP contribution is 2.31. The van der Waals surface area contributed by atoms with Crippen molar-refractivity contribution in [1.29, 1.82) is 0 Å². The van der Waals surface area contributed by atoms with Crippen molar-refractivity contribution >= 4 is 0 Å². The van der Waals surface area contributed by atoms with E-state index in [0.717, 1.165) is 6.07 Å². The monoisotopic (exact) mass is 328 g/mol. The number of alkyl halides is 3. The van der Waals surface area contributed by atoms with E-state index in [1.54, 1.807) is 30.3 Å². The largest absolute Gasteiger partial charge is 0.439 e. The van der Waals surface area contributed by atoms with Crippen LogP contribution in [0.1, 0.15) is 39.0 Å². The Morgan fingerprint density at radius 1 is 1.00 bits per heavy atom. The average molecular weight is 328 g/mol. The smallest absolute Gasteiger partial charge is 0.433 e. The molecule has 0 spiro atoms. The van der Waals surface area contributed by atoms with Gasteiger partial charge in [0.2, 0.25) is 5.88 Å². The first-order chi connectivity index (χ1) is 11.0. The van der Waals surface area contributed by atoms with Crippen LogP contribution in [0.5, 0.6) is 11.6 Å². The number of benzene rings is 1. The minimum Gasteiger partial charge on any atom is -0.439 e. The highest BCUT2D eigenvalue weighted by Gasteiger charge is 2.33. The number of rotatable bonds is 3. The number of nitrogens with zero attached hydrogens (tertiary/aromatic N) is 1. The zero-order valence-corrected chi connectivity index (χ0v) is 13.8. The lowest BCUT2D eigenvalue weighted by Crippen LogP contribution is -2.10. The summed E-state index contributed by atoms with van der Waals surface area (Å²) in [4.78, 5) is 3.45. The molecular weight excluding hydrogens is 305 g/mol. The molecule has 23 heavy (non-hydrogen) atoms. The van der Waals surface area contributed by atoms with Gasteiger partial charge in [-0.15, -0.1) is 0 Å². The maximum atomic E-state index is 12.7. The molecule has 0 aliphatic heterocycles. The molecule has 0 saturated heterocycles. The van der Waals surface area contributed by atoms with Gasteiger partial charge in [0.05, 0.1) is 0 Å².